The number of ether oxygens (including phenoxy) is 2. The molecule has 156 valence electrons. The Bertz CT molecular complexity index is 1200. The number of fused-ring (bicyclic) bond motifs is 1. The van der Waals surface area contributed by atoms with Crippen molar-refractivity contribution in [2.24, 2.45) is 5.10 Å². The Morgan fingerprint density at radius 1 is 1.03 bits per heavy atom. The van der Waals surface area contributed by atoms with Gasteiger partial charge in [-0.05, 0) is 41.0 Å². The van der Waals surface area contributed by atoms with Gasteiger partial charge in [-0.15, -0.1) is 0 Å². The largest absolute Gasteiger partial charge is 0.493 e. The lowest BCUT2D eigenvalue weighted by Gasteiger charge is -2.11. The predicted octanol–water partition coefficient (Wildman–Crippen LogP) is 4.45. The topological polar surface area (TPSA) is 75.7 Å². The summed E-state index contributed by atoms with van der Waals surface area (Å²) < 4.78 is 11.3. The Kier molecular flexibility index (Phi) is 6.28. The molecule has 0 aliphatic rings. The van der Waals surface area contributed by atoms with Crippen LogP contribution in [0, 0.1) is 0 Å². The molecule has 0 fully saturated rings. The van der Waals surface area contributed by atoms with Gasteiger partial charge in [0.25, 0.3) is 0 Å². The lowest BCUT2D eigenvalue weighted by atomic mass is 10.1. The Morgan fingerprint density at radius 3 is 2.68 bits per heavy atom. The number of aromatic nitrogens is 1. The number of amides is 1. The van der Waals surface area contributed by atoms with Crippen molar-refractivity contribution < 1.29 is 14.3 Å². The summed E-state index contributed by atoms with van der Waals surface area (Å²) in [5.41, 5.74) is 6.38. The van der Waals surface area contributed by atoms with Crippen LogP contribution in [0.2, 0.25) is 0 Å². The second kappa shape index (κ2) is 9.63. The Labute approximate surface area is 180 Å². The van der Waals surface area contributed by atoms with Crippen LogP contribution in [0.1, 0.15) is 16.7 Å². The molecule has 0 saturated heterocycles. The number of rotatable bonds is 8. The fourth-order valence-electron chi connectivity index (χ4n) is 3.29. The van der Waals surface area contributed by atoms with Crippen LogP contribution in [0.25, 0.3) is 10.9 Å². The molecule has 0 bridgehead atoms. The molecule has 1 aromatic heterocycles. The standard InChI is InChI=1S/C25H23N3O3/c1-30-23-12-11-19(13-24(23)31-17-18-7-3-2-4-8-18)15-27-28-25(29)14-20-16-26-22-10-6-5-9-21(20)22/h2-13,15-16,26H,14,17H2,1H3,(H,28,29)/b27-15+. The molecule has 0 aliphatic heterocycles. The summed E-state index contributed by atoms with van der Waals surface area (Å²) in [7, 11) is 1.60. The summed E-state index contributed by atoms with van der Waals surface area (Å²) in [6.07, 6.45) is 3.69. The third kappa shape index (κ3) is 5.11. The molecule has 0 aliphatic carbocycles. The minimum atomic E-state index is -0.185. The third-order valence-corrected chi connectivity index (χ3v) is 4.85. The lowest BCUT2D eigenvalue weighted by molar-refractivity contribution is -0.120. The van der Waals surface area contributed by atoms with Gasteiger partial charge in [0, 0.05) is 17.1 Å². The summed E-state index contributed by atoms with van der Waals surface area (Å²) >= 11 is 0. The first kappa shape index (κ1) is 20.2. The minimum absolute atomic E-state index is 0.185. The molecule has 4 rings (SSSR count). The molecule has 4 aromatic rings. The minimum Gasteiger partial charge on any atom is -0.493 e. The van der Waals surface area contributed by atoms with Crippen LogP contribution >= 0.6 is 0 Å². The van der Waals surface area contributed by atoms with E-state index in [1.54, 1.807) is 13.3 Å². The Morgan fingerprint density at radius 2 is 1.84 bits per heavy atom. The van der Waals surface area contributed by atoms with Gasteiger partial charge in [0.1, 0.15) is 6.61 Å². The average Bonchev–Trinajstić information content (AvgIpc) is 3.21. The number of hydrogen-bond donors (Lipinski definition) is 2. The number of methoxy groups -OCH3 is 1. The van der Waals surface area contributed by atoms with Gasteiger partial charge in [-0.25, -0.2) is 5.43 Å². The van der Waals surface area contributed by atoms with E-state index in [-0.39, 0.29) is 12.3 Å². The van der Waals surface area contributed by atoms with Crippen LogP contribution in [0.3, 0.4) is 0 Å². The number of carbonyl (C=O) groups excluding carboxylic acids is 1. The first-order chi connectivity index (χ1) is 15.2. The van der Waals surface area contributed by atoms with Gasteiger partial charge in [-0.1, -0.05) is 48.5 Å². The lowest BCUT2D eigenvalue weighted by Crippen LogP contribution is -2.19. The quantitative estimate of drug-likeness (QED) is 0.331. The fraction of sp³-hybridized carbons (Fsp3) is 0.120. The van der Waals surface area contributed by atoms with Gasteiger partial charge in [0.05, 0.1) is 19.7 Å². The summed E-state index contributed by atoms with van der Waals surface area (Å²) in [5, 5.41) is 5.12. The van der Waals surface area contributed by atoms with Crippen LogP contribution in [0.4, 0.5) is 0 Å². The van der Waals surface area contributed by atoms with E-state index in [4.69, 9.17) is 9.47 Å². The number of nitrogens with zero attached hydrogens (tertiary/aromatic N) is 1. The summed E-state index contributed by atoms with van der Waals surface area (Å²) in [5.74, 6) is 1.06. The Balaban J connectivity index is 1.38. The molecule has 1 amide bonds. The maximum absolute atomic E-state index is 12.3. The smallest absolute Gasteiger partial charge is 0.244 e. The van der Waals surface area contributed by atoms with E-state index < -0.39 is 0 Å². The molecule has 0 atom stereocenters. The van der Waals surface area contributed by atoms with Crippen LogP contribution in [0.5, 0.6) is 11.5 Å². The van der Waals surface area contributed by atoms with E-state index in [9.17, 15) is 4.79 Å². The van der Waals surface area contributed by atoms with E-state index >= 15 is 0 Å². The molecule has 3 aromatic carbocycles. The number of carbonyl (C=O) groups is 1. The highest BCUT2D eigenvalue weighted by Crippen LogP contribution is 2.28. The number of para-hydroxylation sites is 1. The normalized spacial score (nSPS) is 11.0. The van der Waals surface area contributed by atoms with Crippen molar-refractivity contribution in [2.45, 2.75) is 13.0 Å². The van der Waals surface area contributed by atoms with Crippen molar-refractivity contribution in [3.8, 4) is 11.5 Å². The highest BCUT2D eigenvalue weighted by molar-refractivity contribution is 5.89. The van der Waals surface area contributed by atoms with Crippen LogP contribution in [-0.2, 0) is 17.8 Å². The molecule has 6 heteroatoms. The van der Waals surface area contributed by atoms with Gasteiger partial charge < -0.3 is 14.5 Å². The van der Waals surface area contributed by atoms with Crippen molar-refractivity contribution in [1.29, 1.82) is 0 Å². The first-order valence-corrected chi connectivity index (χ1v) is 9.94. The van der Waals surface area contributed by atoms with E-state index in [0.717, 1.165) is 27.6 Å². The van der Waals surface area contributed by atoms with Gasteiger partial charge in [-0.3, -0.25) is 4.79 Å². The average molecular weight is 413 g/mol. The van der Waals surface area contributed by atoms with Gasteiger partial charge in [-0.2, -0.15) is 5.10 Å². The van der Waals surface area contributed by atoms with Gasteiger partial charge in [0.15, 0.2) is 11.5 Å². The summed E-state index contributed by atoms with van der Waals surface area (Å²) in [6.45, 7) is 0.430. The number of aromatic amines is 1. The highest BCUT2D eigenvalue weighted by atomic mass is 16.5. The van der Waals surface area contributed by atoms with Crippen molar-refractivity contribution in [3.05, 3.63) is 95.7 Å². The zero-order valence-corrected chi connectivity index (χ0v) is 17.2. The predicted molar refractivity (Wildman–Crippen MR) is 122 cm³/mol. The van der Waals surface area contributed by atoms with E-state index in [0.29, 0.717) is 18.1 Å². The number of nitrogens with one attached hydrogen (secondary N) is 2. The summed E-state index contributed by atoms with van der Waals surface area (Å²) in [6, 6.07) is 23.3. The molecule has 31 heavy (non-hydrogen) atoms. The maximum atomic E-state index is 12.3. The van der Waals surface area contributed by atoms with Crippen molar-refractivity contribution in [2.75, 3.05) is 7.11 Å². The molecule has 1 heterocycles. The van der Waals surface area contributed by atoms with Crippen LogP contribution in [-0.4, -0.2) is 24.2 Å². The fourth-order valence-corrected chi connectivity index (χ4v) is 3.29. The number of benzene rings is 3. The van der Waals surface area contributed by atoms with Crippen molar-refractivity contribution in [1.82, 2.24) is 10.4 Å². The highest BCUT2D eigenvalue weighted by Gasteiger charge is 2.08. The third-order valence-electron chi connectivity index (χ3n) is 4.85. The zero-order valence-electron chi connectivity index (χ0n) is 17.2. The zero-order chi connectivity index (χ0) is 21.5. The number of H-pyrrole nitrogens is 1. The second-order valence-electron chi connectivity index (χ2n) is 7.01. The van der Waals surface area contributed by atoms with Gasteiger partial charge in [0.2, 0.25) is 5.91 Å². The molecule has 0 unspecified atom stereocenters. The Hall–Kier alpha value is -4.06. The summed E-state index contributed by atoms with van der Waals surface area (Å²) in [4.78, 5) is 15.5. The molecule has 0 radical (unpaired) electrons. The second-order valence-corrected chi connectivity index (χ2v) is 7.01. The van der Waals surface area contributed by atoms with Gasteiger partial charge >= 0.3 is 0 Å². The van der Waals surface area contributed by atoms with Crippen LogP contribution in [0.15, 0.2) is 84.1 Å². The molecule has 0 spiro atoms. The van der Waals surface area contributed by atoms with Crippen LogP contribution < -0.4 is 14.9 Å². The monoisotopic (exact) mass is 413 g/mol. The van der Waals surface area contributed by atoms with E-state index in [2.05, 4.69) is 15.5 Å². The SMILES string of the molecule is COc1ccc(/C=N/NC(=O)Cc2c[nH]c3ccccc23)cc1OCc1ccccc1. The van der Waals surface area contributed by atoms with E-state index in [1.165, 1.54) is 0 Å². The number of hydrogen-bond acceptors (Lipinski definition) is 4. The molecular weight excluding hydrogens is 390 g/mol. The molecule has 2 N–H and O–H groups in total. The molecule has 6 nitrogen and oxygen atoms in total. The first-order valence-electron chi connectivity index (χ1n) is 9.94. The number of hydrazone groups is 1. The van der Waals surface area contributed by atoms with Crippen molar-refractivity contribution in [3.63, 3.8) is 0 Å². The molecular formula is C25H23N3O3. The van der Waals surface area contributed by atoms with Crippen molar-refractivity contribution >= 4 is 23.0 Å². The molecule has 0 saturated carbocycles. The maximum Gasteiger partial charge on any atom is 0.244 e. The van der Waals surface area contributed by atoms with E-state index in [1.807, 2.05) is 79.0 Å².